The molecule has 4 rings (SSSR count). The van der Waals surface area contributed by atoms with Gasteiger partial charge in [0.25, 0.3) is 5.91 Å². The second-order valence-electron chi connectivity index (χ2n) is 9.11. The van der Waals surface area contributed by atoms with Crippen LogP contribution in [0, 0.1) is 0 Å². The third kappa shape index (κ3) is 6.59. The molecule has 1 heterocycles. The summed E-state index contributed by atoms with van der Waals surface area (Å²) in [5.74, 6) is 0.990. The molecule has 0 aromatic heterocycles. The highest BCUT2D eigenvalue weighted by Gasteiger charge is 2.53. The lowest BCUT2D eigenvalue weighted by atomic mass is 9.82. The van der Waals surface area contributed by atoms with Gasteiger partial charge in [0.05, 0.1) is 6.61 Å². The van der Waals surface area contributed by atoms with Crippen molar-refractivity contribution < 1.29 is 19.4 Å². The molecule has 0 saturated heterocycles. The highest BCUT2D eigenvalue weighted by molar-refractivity contribution is 9.10. The number of carbonyl (C=O) groups is 1. The topological polar surface area (TPSA) is 80.2 Å². The predicted octanol–water partition coefficient (Wildman–Crippen LogP) is 5.63. The van der Waals surface area contributed by atoms with Crippen LogP contribution < -0.4 is 10.1 Å². The zero-order valence-corrected chi connectivity index (χ0v) is 22.6. The average molecular weight is 566 g/mol. The van der Waals surface area contributed by atoms with Gasteiger partial charge in [-0.15, -0.1) is 0 Å². The molecule has 3 aromatic carbocycles. The minimum Gasteiger partial charge on any atom is -0.494 e. The van der Waals surface area contributed by atoms with Crippen LogP contribution in [-0.2, 0) is 16.0 Å². The van der Waals surface area contributed by atoms with E-state index in [1.165, 1.54) is 0 Å². The fourth-order valence-electron chi connectivity index (χ4n) is 4.36. The number of rotatable bonds is 12. The third-order valence-electron chi connectivity index (χ3n) is 6.34. The van der Waals surface area contributed by atoms with E-state index in [2.05, 4.69) is 28.2 Å². The number of carbonyl (C=O) groups excluding carboxylic acids is 1. The lowest BCUT2D eigenvalue weighted by Gasteiger charge is -2.31. The highest BCUT2D eigenvalue weighted by Crippen LogP contribution is 2.42. The van der Waals surface area contributed by atoms with E-state index in [1.807, 2.05) is 78.9 Å². The molecule has 7 heteroatoms. The monoisotopic (exact) mass is 564 g/mol. The molecular formula is C30H33BrN2O4. The molecule has 0 unspecified atom stereocenters. The summed E-state index contributed by atoms with van der Waals surface area (Å²) in [6.45, 7) is 3.22. The Hall–Kier alpha value is -3.16. The first-order valence-corrected chi connectivity index (χ1v) is 13.5. The predicted molar refractivity (Wildman–Crippen MR) is 149 cm³/mol. The molecule has 0 fully saturated rings. The number of halogens is 1. The van der Waals surface area contributed by atoms with Crippen molar-refractivity contribution in [2.45, 2.75) is 44.2 Å². The number of nitrogens with zero attached hydrogens (tertiary/aromatic N) is 1. The Bertz CT molecular complexity index is 1180. The van der Waals surface area contributed by atoms with Gasteiger partial charge in [0.1, 0.15) is 5.75 Å². The number of hydrogen-bond donors (Lipinski definition) is 2. The van der Waals surface area contributed by atoms with Crippen LogP contribution in [0.1, 0.15) is 49.0 Å². The van der Waals surface area contributed by atoms with Crippen LogP contribution in [0.25, 0.3) is 0 Å². The highest BCUT2D eigenvalue weighted by atomic mass is 79.9. The molecule has 0 radical (unpaired) electrons. The fourth-order valence-corrected chi connectivity index (χ4v) is 4.62. The first kappa shape index (κ1) is 26.9. The number of benzene rings is 3. The number of aliphatic imine (C=N–C) groups is 1. The quantitative estimate of drug-likeness (QED) is 0.279. The lowest BCUT2D eigenvalue weighted by Crippen LogP contribution is -2.50. The number of amides is 1. The number of aliphatic hydroxyl groups excluding tert-OH is 1. The largest absolute Gasteiger partial charge is 0.494 e. The lowest BCUT2D eigenvalue weighted by molar-refractivity contribution is -0.128. The molecule has 3 aromatic rings. The molecule has 1 aliphatic rings. The van der Waals surface area contributed by atoms with Crippen molar-refractivity contribution in [2.75, 3.05) is 19.8 Å². The second kappa shape index (κ2) is 12.9. The van der Waals surface area contributed by atoms with E-state index in [0.29, 0.717) is 37.6 Å². The van der Waals surface area contributed by atoms with Crippen molar-refractivity contribution in [2.24, 2.45) is 4.99 Å². The smallest absolute Gasteiger partial charge is 0.252 e. The van der Waals surface area contributed by atoms with Crippen molar-refractivity contribution in [1.29, 1.82) is 0 Å². The van der Waals surface area contributed by atoms with E-state index in [-0.39, 0.29) is 12.5 Å². The van der Waals surface area contributed by atoms with Crippen molar-refractivity contribution in [3.05, 3.63) is 100 Å². The maximum atomic E-state index is 13.9. The minimum atomic E-state index is -1.17. The number of hydrogen-bond acceptors (Lipinski definition) is 5. The average Bonchev–Trinajstić information content (AvgIpc) is 3.31. The summed E-state index contributed by atoms with van der Waals surface area (Å²) in [6.07, 6.45) is 2.26. The van der Waals surface area contributed by atoms with E-state index >= 15 is 0 Å². The molecule has 6 nitrogen and oxygen atoms in total. The standard InChI is InChI=1S/C30H33BrN2O4/c1-2-3-18-32-29(35)30(21-22-10-14-25(31)15-11-22)27(23-8-5-4-6-9-23)37-28(33-30)24-12-16-26(17-13-24)36-20-7-19-34/h4-6,8-17,27,34H,2-3,7,18-21H2,1H3,(H,32,35)/t27-,30-/m1/s1. The van der Waals surface area contributed by atoms with E-state index in [4.69, 9.17) is 19.6 Å². The summed E-state index contributed by atoms with van der Waals surface area (Å²) in [5, 5.41) is 12.1. The summed E-state index contributed by atoms with van der Waals surface area (Å²) in [7, 11) is 0. The Labute approximate surface area is 226 Å². The summed E-state index contributed by atoms with van der Waals surface area (Å²) in [4.78, 5) is 19.0. The van der Waals surface area contributed by atoms with E-state index in [1.54, 1.807) is 0 Å². The van der Waals surface area contributed by atoms with Gasteiger partial charge in [0.15, 0.2) is 11.6 Å². The fraction of sp³-hybridized carbons (Fsp3) is 0.333. The van der Waals surface area contributed by atoms with Gasteiger partial charge >= 0.3 is 0 Å². The van der Waals surface area contributed by atoms with Gasteiger partial charge in [-0.3, -0.25) is 4.79 Å². The van der Waals surface area contributed by atoms with Gasteiger partial charge in [-0.1, -0.05) is 71.7 Å². The molecule has 0 aliphatic carbocycles. The number of ether oxygens (including phenoxy) is 2. The summed E-state index contributed by atoms with van der Waals surface area (Å²) >= 11 is 3.50. The van der Waals surface area contributed by atoms with Crippen LogP contribution in [0.5, 0.6) is 5.75 Å². The SMILES string of the molecule is CCCCNC(=O)[C@]1(Cc2ccc(Br)cc2)N=C(c2ccc(OCCCO)cc2)O[C@@H]1c1ccccc1. The Balaban J connectivity index is 1.73. The van der Waals surface area contributed by atoms with Crippen molar-refractivity contribution in [3.63, 3.8) is 0 Å². The Morgan fingerprint density at radius 3 is 2.46 bits per heavy atom. The van der Waals surface area contributed by atoms with Gasteiger partial charge in [-0.2, -0.15) is 0 Å². The Morgan fingerprint density at radius 2 is 1.78 bits per heavy atom. The van der Waals surface area contributed by atoms with Crippen LogP contribution >= 0.6 is 15.9 Å². The molecule has 0 spiro atoms. The zero-order chi connectivity index (χ0) is 26.1. The van der Waals surface area contributed by atoms with Crippen LogP contribution in [0.4, 0.5) is 0 Å². The van der Waals surface area contributed by atoms with Crippen LogP contribution in [0.15, 0.2) is 88.3 Å². The van der Waals surface area contributed by atoms with Crippen molar-refractivity contribution >= 4 is 27.7 Å². The number of aliphatic hydroxyl groups is 1. The number of unbranched alkanes of at least 4 members (excludes halogenated alkanes) is 1. The Kier molecular flexibility index (Phi) is 9.36. The molecule has 37 heavy (non-hydrogen) atoms. The first-order chi connectivity index (χ1) is 18.1. The second-order valence-corrected chi connectivity index (χ2v) is 10.0. The summed E-state index contributed by atoms with van der Waals surface area (Å²) in [6, 6.07) is 25.3. The summed E-state index contributed by atoms with van der Waals surface area (Å²) in [5.41, 5.74) is 1.49. The molecule has 0 bridgehead atoms. The number of nitrogens with one attached hydrogen (secondary N) is 1. The van der Waals surface area contributed by atoms with Crippen LogP contribution in [-0.4, -0.2) is 42.2 Å². The van der Waals surface area contributed by atoms with Gasteiger partial charge in [-0.05, 0) is 53.9 Å². The normalized spacial score (nSPS) is 18.7. The molecule has 194 valence electrons. The third-order valence-corrected chi connectivity index (χ3v) is 6.86. The van der Waals surface area contributed by atoms with Gasteiger partial charge in [0, 0.05) is 36.0 Å². The molecule has 2 N–H and O–H groups in total. The molecular weight excluding hydrogens is 532 g/mol. The van der Waals surface area contributed by atoms with Gasteiger partial charge in [-0.25, -0.2) is 4.99 Å². The van der Waals surface area contributed by atoms with E-state index in [0.717, 1.165) is 34.0 Å². The van der Waals surface area contributed by atoms with Gasteiger partial charge in [0.2, 0.25) is 5.90 Å². The molecule has 1 amide bonds. The van der Waals surface area contributed by atoms with E-state index in [9.17, 15) is 4.79 Å². The maximum absolute atomic E-state index is 13.9. The van der Waals surface area contributed by atoms with Gasteiger partial charge < -0.3 is 19.9 Å². The van der Waals surface area contributed by atoms with Crippen LogP contribution in [0.3, 0.4) is 0 Å². The molecule has 2 atom stereocenters. The molecule has 0 saturated carbocycles. The molecule has 1 aliphatic heterocycles. The van der Waals surface area contributed by atoms with Crippen molar-refractivity contribution in [1.82, 2.24) is 5.32 Å². The zero-order valence-electron chi connectivity index (χ0n) is 21.0. The summed E-state index contributed by atoms with van der Waals surface area (Å²) < 4.78 is 13.2. The first-order valence-electron chi connectivity index (χ1n) is 12.7. The van der Waals surface area contributed by atoms with Crippen molar-refractivity contribution in [3.8, 4) is 5.75 Å². The van der Waals surface area contributed by atoms with E-state index < -0.39 is 11.6 Å². The van der Waals surface area contributed by atoms with Crippen LogP contribution in [0.2, 0.25) is 0 Å². The Morgan fingerprint density at radius 1 is 1.05 bits per heavy atom. The minimum absolute atomic E-state index is 0.0877. The maximum Gasteiger partial charge on any atom is 0.252 e.